The molecule has 2 N–H and O–H groups in total. The Balaban J connectivity index is 1.18. The Morgan fingerprint density at radius 2 is 1.89 bits per heavy atom. The van der Waals surface area contributed by atoms with Crippen LogP contribution >= 0.6 is 0 Å². The second kappa shape index (κ2) is 9.49. The smallest absolute Gasteiger partial charge is 0.319 e. The molecule has 0 radical (unpaired) electrons. The van der Waals surface area contributed by atoms with Gasteiger partial charge in [0.2, 0.25) is 0 Å². The molecule has 5 rings (SSSR count). The number of carbonyl (C=O) groups excluding carboxylic acids is 1. The summed E-state index contributed by atoms with van der Waals surface area (Å²) < 4.78 is 36.8. The van der Waals surface area contributed by atoms with Crippen LogP contribution in [-0.2, 0) is 38.2 Å². The van der Waals surface area contributed by atoms with Crippen LogP contribution < -0.4 is 10.6 Å². The summed E-state index contributed by atoms with van der Waals surface area (Å²) in [6.07, 6.45) is 4.41. The van der Waals surface area contributed by atoms with Crippen molar-refractivity contribution in [2.75, 3.05) is 19.2 Å². The van der Waals surface area contributed by atoms with Crippen LogP contribution in [0.15, 0.2) is 70.8 Å². The third-order valence-corrected chi connectivity index (χ3v) is 8.28. The second-order valence-corrected chi connectivity index (χ2v) is 11.3. The number of carbonyl (C=O) groups is 1. The van der Waals surface area contributed by atoms with E-state index in [2.05, 4.69) is 15.5 Å². The van der Waals surface area contributed by atoms with E-state index >= 15 is 0 Å². The number of benzene rings is 2. The van der Waals surface area contributed by atoms with E-state index in [4.69, 9.17) is 9.47 Å². The maximum atomic E-state index is 13.0. The molecule has 1 aliphatic carbocycles. The Bertz CT molecular complexity index is 1300. The number of hydrogen-bond donors (Lipinski definition) is 2. The van der Waals surface area contributed by atoms with Gasteiger partial charge in [-0.05, 0) is 66.6 Å². The predicted octanol–water partition coefficient (Wildman–Crippen LogP) is 3.70. The van der Waals surface area contributed by atoms with Crippen LogP contribution in [0.1, 0.15) is 30.0 Å². The first-order chi connectivity index (χ1) is 16.8. The highest BCUT2D eigenvalue weighted by Crippen LogP contribution is 2.29. The topological polar surface area (TPSA) is 97.0 Å². The van der Waals surface area contributed by atoms with Crippen LogP contribution in [0.25, 0.3) is 0 Å². The van der Waals surface area contributed by atoms with Crippen molar-refractivity contribution in [3.63, 3.8) is 0 Å². The third-order valence-electron chi connectivity index (χ3n) is 6.58. The van der Waals surface area contributed by atoms with Gasteiger partial charge in [0.1, 0.15) is 11.9 Å². The fourth-order valence-electron chi connectivity index (χ4n) is 4.68. The van der Waals surface area contributed by atoms with Gasteiger partial charge in [0.15, 0.2) is 16.6 Å². The number of anilines is 1. The Morgan fingerprint density at radius 1 is 1.11 bits per heavy atom. The van der Waals surface area contributed by atoms with Gasteiger partial charge in [-0.15, -0.1) is 0 Å². The van der Waals surface area contributed by atoms with Crippen LogP contribution in [0, 0.1) is 0 Å². The summed E-state index contributed by atoms with van der Waals surface area (Å²) in [6.45, 7) is 3.90. The summed E-state index contributed by atoms with van der Waals surface area (Å²) >= 11 is 0. The zero-order valence-corrected chi connectivity index (χ0v) is 20.6. The van der Waals surface area contributed by atoms with Gasteiger partial charge in [0.25, 0.3) is 0 Å². The largest absolute Gasteiger partial charge is 0.469 e. The normalized spacial score (nSPS) is 20.2. The summed E-state index contributed by atoms with van der Waals surface area (Å²) in [5, 5.41) is 5.68. The second-order valence-electron chi connectivity index (χ2n) is 9.31. The van der Waals surface area contributed by atoms with E-state index in [1.807, 2.05) is 44.3 Å². The van der Waals surface area contributed by atoms with Crippen LogP contribution in [-0.4, -0.2) is 45.3 Å². The van der Waals surface area contributed by atoms with Gasteiger partial charge in [-0.25, -0.2) is 13.2 Å². The lowest BCUT2D eigenvalue weighted by Gasteiger charge is -2.22. The number of ether oxygens (including phenoxy) is 2. The average Bonchev–Trinajstić information content (AvgIpc) is 3.43. The molecule has 2 aliphatic heterocycles. The summed E-state index contributed by atoms with van der Waals surface area (Å²) in [5.41, 5.74) is 4.77. The van der Waals surface area contributed by atoms with Crippen molar-refractivity contribution in [1.82, 2.24) is 10.2 Å². The highest BCUT2D eigenvalue weighted by molar-refractivity contribution is 7.90. The number of fused-ring (bicyclic) bond motifs is 2. The zero-order valence-electron chi connectivity index (χ0n) is 19.8. The lowest BCUT2D eigenvalue weighted by Crippen LogP contribution is -2.38. The van der Waals surface area contributed by atoms with E-state index in [1.54, 1.807) is 12.1 Å². The van der Waals surface area contributed by atoms with Gasteiger partial charge in [0.05, 0.1) is 10.6 Å². The Morgan fingerprint density at radius 3 is 2.69 bits per heavy atom. The summed E-state index contributed by atoms with van der Waals surface area (Å²) in [5.74, 6) is 0.764. The standard InChI is InChI=1S/C26H29N3O5S/c1-17(19-5-10-24-25(12-19)34-16-33-24)27-26(30)28-22-6-8-23(9-7-22)35(31,32)15-18-3-4-20-13-29(2)14-21(20)11-18/h3-11,17,25H,12-16H2,1-2H3,(H2,27,28,30). The molecule has 2 aromatic rings. The molecule has 1 fully saturated rings. The van der Waals surface area contributed by atoms with E-state index in [0.29, 0.717) is 12.1 Å². The first-order valence-electron chi connectivity index (χ1n) is 11.6. The van der Waals surface area contributed by atoms with Gasteiger partial charge >= 0.3 is 6.03 Å². The van der Waals surface area contributed by atoms with Crippen LogP contribution in [0.5, 0.6) is 0 Å². The Hall–Kier alpha value is -3.14. The first-order valence-corrected chi connectivity index (χ1v) is 13.3. The van der Waals surface area contributed by atoms with Gasteiger partial charge in [-0.1, -0.05) is 24.3 Å². The van der Waals surface area contributed by atoms with Crippen molar-refractivity contribution < 1.29 is 22.7 Å². The van der Waals surface area contributed by atoms with Crippen LogP contribution in [0.2, 0.25) is 0 Å². The van der Waals surface area contributed by atoms with Crippen LogP contribution in [0.4, 0.5) is 10.5 Å². The highest BCUT2D eigenvalue weighted by atomic mass is 32.2. The molecule has 0 saturated carbocycles. The number of nitrogens with zero attached hydrogens (tertiary/aromatic N) is 1. The van der Waals surface area contributed by atoms with E-state index in [0.717, 1.165) is 30.0 Å². The molecular weight excluding hydrogens is 466 g/mol. The van der Waals surface area contributed by atoms with Gasteiger partial charge in [0, 0.05) is 31.2 Å². The van der Waals surface area contributed by atoms with Crippen molar-refractivity contribution in [3.05, 3.63) is 82.6 Å². The number of amides is 2. The summed E-state index contributed by atoms with van der Waals surface area (Å²) in [7, 11) is -1.46. The number of urea groups is 1. The minimum atomic E-state index is -3.51. The SMILES string of the molecule is CC(NC(=O)Nc1ccc(S(=O)(=O)Cc2ccc3c(c2)CN(C)C3)cc1)C1=CC=C2OCOC2C1. The number of nitrogens with one attached hydrogen (secondary N) is 2. The van der Waals surface area contributed by atoms with E-state index < -0.39 is 9.84 Å². The van der Waals surface area contributed by atoms with E-state index in [1.165, 1.54) is 23.3 Å². The number of hydrogen-bond acceptors (Lipinski definition) is 6. The average molecular weight is 496 g/mol. The van der Waals surface area contributed by atoms with Crippen molar-refractivity contribution in [3.8, 4) is 0 Å². The molecule has 0 bridgehead atoms. The predicted molar refractivity (Wildman–Crippen MR) is 132 cm³/mol. The van der Waals surface area contributed by atoms with Gasteiger partial charge in [-0.3, -0.25) is 4.90 Å². The first kappa shape index (κ1) is 23.6. The molecule has 3 aliphatic rings. The third kappa shape index (κ3) is 5.27. The molecule has 8 nitrogen and oxygen atoms in total. The molecule has 184 valence electrons. The van der Waals surface area contributed by atoms with E-state index in [9.17, 15) is 13.2 Å². The fourth-order valence-corrected chi connectivity index (χ4v) is 6.02. The maximum absolute atomic E-state index is 13.0. The number of sulfone groups is 1. The molecule has 2 amide bonds. The molecular formula is C26H29N3O5S. The van der Waals surface area contributed by atoms with Crippen molar-refractivity contribution in [2.24, 2.45) is 0 Å². The summed E-state index contributed by atoms with van der Waals surface area (Å²) in [6, 6.07) is 11.6. The highest BCUT2D eigenvalue weighted by Gasteiger charge is 2.29. The molecule has 2 aromatic carbocycles. The molecule has 35 heavy (non-hydrogen) atoms. The molecule has 0 spiro atoms. The Kier molecular flexibility index (Phi) is 6.39. The minimum Gasteiger partial charge on any atom is -0.469 e. The lowest BCUT2D eigenvalue weighted by molar-refractivity contribution is 0.0497. The van der Waals surface area contributed by atoms with Crippen molar-refractivity contribution in [2.45, 2.75) is 49.2 Å². The van der Waals surface area contributed by atoms with Crippen molar-refractivity contribution in [1.29, 1.82) is 0 Å². The van der Waals surface area contributed by atoms with Crippen molar-refractivity contribution >= 4 is 21.6 Å². The quantitative estimate of drug-likeness (QED) is 0.634. The van der Waals surface area contributed by atoms with Crippen LogP contribution in [0.3, 0.4) is 0 Å². The number of allylic oxidation sites excluding steroid dienone is 2. The molecule has 1 saturated heterocycles. The lowest BCUT2D eigenvalue weighted by atomic mass is 9.96. The van der Waals surface area contributed by atoms with E-state index in [-0.39, 0.29) is 35.6 Å². The number of rotatable bonds is 6. The summed E-state index contributed by atoms with van der Waals surface area (Å²) in [4.78, 5) is 14.9. The molecule has 2 unspecified atom stereocenters. The minimum absolute atomic E-state index is 0.0597. The molecule has 2 atom stereocenters. The zero-order chi connectivity index (χ0) is 24.6. The molecule has 0 aromatic heterocycles. The fraction of sp³-hybridized carbons (Fsp3) is 0.346. The van der Waals surface area contributed by atoms with Gasteiger partial charge in [-0.2, -0.15) is 0 Å². The maximum Gasteiger partial charge on any atom is 0.319 e. The van der Waals surface area contributed by atoms with Gasteiger partial charge < -0.3 is 20.1 Å². The Labute approximate surface area is 205 Å². The molecule has 2 heterocycles. The molecule has 9 heteroatoms. The monoisotopic (exact) mass is 495 g/mol.